The summed E-state index contributed by atoms with van der Waals surface area (Å²) in [5.41, 5.74) is 2.83. The fraction of sp³-hybridized carbons (Fsp3) is 0.250. The molecule has 0 N–H and O–H groups in total. The van der Waals surface area contributed by atoms with Crippen molar-refractivity contribution in [2.75, 3.05) is 18.6 Å². The van der Waals surface area contributed by atoms with Crippen LogP contribution in [0.2, 0.25) is 0 Å². The first kappa shape index (κ1) is 17.1. The summed E-state index contributed by atoms with van der Waals surface area (Å²) in [4.78, 5) is 19.1. The van der Waals surface area contributed by atoms with Crippen LogP contribution in [0.4, 0.5) is 5.69 Å². The lowest BCUT2D eigenvalue weighted by Gasteiger charge is -2.28. The SMILES string of the molecule is COc1ccc(N2CCn3nc(COc4ccccc4)cc3C2=O)c(C)n1. The van der Waals surface area contributed by atoms with Gasteiger partial charge in [-0.1, -0.05) is 18.2 Å². The van der Waals surface area contributed by atoms with Crippen molar-refractivity contribution in [2.24, 2.45) is 0 Å². The third kappa shape index (κ3) is 3.36. The highest BCUT2D eigenvalue weighted by molar-refractivity contribution is 6.06. The molecule has 3 heterocycles. The number of nitrogens with zero attached hydrogens (tertiary/aromatic N) is 4. The predicted molar refractivity (Wildman–Crippen MR) is 100 cm³/mol. The zero-order valence-corrected chi connectivity index (χ0v) is 15.3. The molecule has 1 aromatic carbocycles. The molecule has 0 atom stereocenters. The number of carbonyl (C=O) groups excluding carboxylic acids is 1. The lowest BCUT2D eigenvalue weighted by molar-refractivity contribution is 0.0962. The molecule has 0 aliphatic carbocycles. The first-order valence-electron chi connectivity index (χ1n) is 8.74. The Hall–Kier alpha value is -3.35. The second-order valence-corrected chi connectivity index (χ2v) is 6.26. The van der Waals surface area contributed by atoms with Gasteiger partial charge in [0.25, 0.3) is 5.91 Å². The van der Waals surface area contributed by atoms with Crippen LogP contribution in [-0.2, 0) is 13.2 Å². The third-order valence-corrected chi connectivity index (χ3v) is 4.49. The van der Waals surface area contributed by atoms with Crippen LogP contribution in [0.25, 0.3) is 0 Å². The number of methoxy groups -OCH3 is 1. The summed E-state index contributed by atoms with van der Waals surface area (Å²) in [5, 5.41) is 4.50. The summed E-state index contributed by atoms with van der Waals surface area (Å²) in [6, 6.07) is 15.0. The molecule has 0 fully saturated rings. The van der Waals surface area contributed by atoms with E-state index in [4.69, 9.17) is 9.47 Å². The standard InChI is InChI=1S/C20H20N4O3/c1-14-17(8-9-19(21-14)26-2)23-10-11-24-18(20(23)25)12-15(22-24)13-27-16-6-4-3-5-7-16/h3-9,12H,10-11,13H2,1-2H3. The minimum Gasteiger partial charge on any atom is -0.487 e. The number of amides is 1. The van der Waals surface area contributed by atoms with Gasteiger partial charge in [-0.3, -0.25) is 9.48 Å². The predicted octanol–water partition coefficient (Wildman–Crippen LogP) is 2.83. The fourth-order valence-corrected chi connectivity index (χ4v) is 3.15. The molecule has 0 radical (unpaired) electrons. The fourth-order valence-electron chi connectivity index (χ4n) is 3.15. The van der Waals surface area contributed by atoms with Crippen molar-refractivity contribution < 1.29 is 14.3 Å². The maximum absolute atomic E-state index is 13.0. The summed E-state index contributed by atoms with van der Waals surface area (Å²) >= 11 is 0. The van der Waals surface area contributed by atoms with E-state index in [1.54, 1.807) is 28.8 Å². The number of aromatic nitrogens is 3. The average molecular weight is 364 g/mol. The van der Waals surface area contributed by atoms with Gasteiger partial charge in [-0.15, -0.1) is 0 Å². The first-order valence-corrected chi connectivity index (χ1v) is 8.74. The molecular weight excluding hydrogens is 344 g/mol. The Kier molecular flexibility index (Phi) is 4.50. The number of carbonyl (C=O) groups is 1. The van der Waals surface area contributed by atoms with Crippen LogP contribution < -0.4 is 14.4 Å². The summed E-state index contributed by atoms with van der Waals surface area (Å²) in [6.07, 6.45) is 0. The van der Waals surface area contributed by atoms with Crippen molar-refractivity contribution in [2.45, 2.75) is 20.1 Å². The van der Waals surface area contributed by atoms with Crippen LogP contribution in [0.15, 0.2) is 48.5 Å². The molecule has 7 nitrogen and oxygen atoms in total. The highest BCUT2D eigenvalue weighted by Gasteiger charge is 2.28. The monoisotopic (exact) mass is 364 g/mol. The summed E-state index contributed by atoms with van der Waals surface area (Å²) < 4.78 is 12.6. The van der Waals surface area contributed by atoms with Crippen LogP contribution in [0.1, 0.15) is 21.9 Å². The van der Waals surface area contributed by atoms with Crippen molar-refractivity contribution >= 4 is 11.6 Å². The van der Waals surface area contributed by atoms with Gasteiger partial charge in [0, 0.05) is 12.6 Å². The zero-order chi connectivity index (χ0) is 18.8. The maximum Gasteiger partial charge on any atom is 0.276 e. The second kappa shape index (κ2) is 7.11. The minimum absolute atomic E-state index is 0.0882. The van der Waals surface area contributed by atoms with E-state index in [1.165, 1.54) is 0 Å². The Morgan fingerprint density at radius 2 is 1.93 bits per heavy atom. The molecule has 1 aliphatic heterocycles. The lowest BCUT2D eigenvalue weighted by Crippen LogP contribution is -2.40. The molecule has 0 unspecified atom stereocenters. The average Bonchev–Trinajstić information content (AvgIpc) is 3.12. The largest absolute Gasteiger partial charge is 0.487 e. The Labute approximate surface area is 157 Å². The summed E-state index contributed by atoms with van der Waals surface area (Å²) in [5.74, 6) is 1.22. The highest BCUT2D eigenvalue weighted by atomic mass is 16.5. The second-order valence-electron chi connectivity index (χ2n) is 6.26. The molecule has 0 saturated carbocycles. The van der Waals surface area contributed by atoms with Gasteiger partial charge in [0.1, 0.15) is 23.7 Å². The molecule has 0 bridgehead atoms. The van der Waals surface area contributed by atoms with Gasteiger partial charge in [0.2, 0.25) is 5.88 Å². The number of hydrogen-bond acceptors (Lipinski definition) is 5. The van der Waals surface area contributed by atoms with Crippen LogP contribution >= 0.6 is 0 Å². The van der Waals surface area contributed by atoms with E-state index >= 15 is 0 Å². The zero-order valence-electron chi connectivity index (χ0n) is 15.3. The molecule has 1 amide bonds. The van der Waals surface area contributed by atoms with Crippen molar-refractivity contribution in [3.8, 4) is 11.6 Å². The van der Waals surface area contributed by atoms with E-state index in [0.717, 1.165) is 22.8 Å². The Morgan fingerprint density at radius 3 is 2.67 bits per heavy atom. The quantitative estimate of drug-likeness (QED) is 0.696. The summed E-state index contributed by atoms with van der Waals surface area (Å²) in [7, 11) is 1.57. The van der Waals surface area contributed by atoms with Gasteiger partial charge in [-0.05, 0) is 31.2 Å². The van der Waals surface area contributed by atoms with Crippen molar-refractivity contribution in [3.63, 3.8) is 0 Å². The van der Waals surface area contributed by atoms with Gasteiger partial charge in [-0.2, -0.15) is 5.10 Å². The maximum atomic E-state index is 13.0. The number of para-hydroxylation sites is 1. The minimum atomic E-state index is -0.0882. The molecule has 1 aliphatic rings. The summed E-state index contributed by atoms with van der Waals surface area (Å²) in [6.45, 7) is 3.36. The van der Waals surface area contributed by atoms with Crippen LogP contribution in [0, 0.1) is 6.92 Å². The molecule has 0 spiro atoms. The van der Waals surface area contributed by atoms with Crippen LogP contribution in [0.5, 0.6) is 11.6 Å². The van der Waals surface area contributed by atoms with Crippen molar-refractivity contribution in [1.82, 2.24) is 14.8 Å². The number of hydrogen-bond donors (Lipinski definition) is 0. The number of fused-ring (bicyclic) bond motifs is 1. The molecule has 7 heteroatoms. The van der Waals surface area contributed by atoms with Crippen molar-refractivity contribution in [3.05, 3.63) is 65.6 Å². The van der Waals surface area contributed by atoms with E-state index in [2.05, 4.69) is 10.1 Å². The van der Waals surface area contributed by atoms with Crippen molar-refractivity contribution in [1.29, 1.82) is 0 Å². The first-order chi connectivity index (χ1) is 13.2. The molecule has 0 saturated heterocycles. The normalized spacial score (nSPS) is 13.4. The molecule has 2 aromatic heterocycles. The Balaban J connectivity index is 1.53. The van der Waals surface area contributed by atoms with E-state index in [0.29, 0.717) is 31.3 Å². The number of aryl methyl sites for hydroxylation is 1. The third-order valence-electron chi connectivity index (χ3n) is 4.49. The van der Waals surface area contributed by atoms with E-state index < -0.39 is 0 Å². The van der Waals surface area contributed by atoms with Gasteiger partial charge in [0.05, 0.1) is 25.0 Å². The molecule has 3 aromatic rings. The molecule has 27 heavy (non-hydrogen) atoms. The molecule has 138 valence electrons. The van der Waals surface area contributed by atoms with E-state index in [9.17, 15) is 4.79 Å². The van der Waals surface area contributed by atoms with E-state index in [1.807, 2.05) is 43.3 Å². The van der Waals surface area contributed by atoms with E-state index in [-0.39, 0.29) is 5.91 Å². The van der Waals surface area contributed by atoms with Crippen LogP contribution in [0.3, 0.4) is 0 Å². The number of rotatable bonds is 5. The number of ether oxygens (including phenoxy) is 2. The van der Waals surface area contributed by atoms with Gasteiger partial charge >= 0.3 is 0 Å². The molecule has 4 rings (SSSR count). The number of benzene rings is 1. The van der Waals surface area contributed by atoms with Gasteiger partial charge < -0.3 is 14.4 Å². The molecular formula is C20H20N4O3. The van der Waals surface area contributed by atoms with Crippen LogP contribution in [-0.4, -0.2) is 34.3 Å². The highest BCUT2D eigenvalue weighted by Crippen LogP contribution is 2.26. The smallest absolute Gasteiger partial charge is 0.276 e. The number of pyridine rings is 1. The topological polar surface area (TPSA) is 69.5 Å². The lowest BCUT2D eigenvalue weighted by atomic mass is 10.2. The Morgan fingerprint density at radius 1 is 1.11 bits per heavy atom. The van der Waals surface area contributed by atoms with Gasteiger partial charge in [-0.25, -0.2) is 4.98 Å². The van der Waals surface area contributed by atoms with Gasteiger partial charge in [0.15, 0.2) is 0 Å². The number of anilines is 1. The Bertz CT molecular complexity index is 969.